The molecule has 0 fully saturated rings. The highest BCUT2D eigenvalue weighted by molar-refractivity contribution is 6.71. The lowest BCUT2D eigenvalue weighted by atomic mass is 9.66. The van der Waals surface area contributed by atoms with Crippen LogP contribution in [0.5, 0.6) is 5.75 Å². The summed E-state index contributed by atoms with van der Waals surface area (Å²) in [6.45, 7) is 18.6. The number of phenols is 1. The molecule has 2 aromatic carbocycles. The fourth-order valence-corrected chi connectivity index (χ4v) is 8.07. The van der Waals surface area contributed by atoms with E-state index < -0.39 is 42.9 Å². The van der Waals surface area contributed by atoms with Crippen LogP contribution in [-0.2, 0) is 13.3 Å². The molecule has 0 heterocycles. The van der Waals surface area contributed by atoms with Crippen LogP contribution in [0.4, 0.5) is 5.69 Å². The minimum absolute atomic E-state index is 0.0103. The highest BCUT2D eigenvalue weighted by atomic mass is 28.4. The maximum Gasteiger partial charge on any atom is 0.242 e. The minimum Gasteiger partial charge on any atom is -0.545 e. The number of nitrogen functional groups attached to an aromatic ring is 1. The van der Waals surface area contributed by atoms with E-state index in [1.807, 2.05) is 0 Å². The molecular weight excluding hydrogens is 519 g/mol. The maximum atomic E-state index is 14.3. The smallest absolute Gasteiger partial charge is 0.242 e. The fraction of sp³-hybridized carbons (Fsp3) is 0.481. The SMILES string of the molecule is C[Si](C)(C)OC1=C(O[Si](C)(C)C)[C@H](O[Si](C)(C)C)[C@@H]2C(=O)c3c(c(O)c4ccccc4c3N)C(=O)[C@@H]2C1. The molecule has 0 saturated carbocycles. The van der Waals surface area contributed by atoms with Gasteiger partial charge >= 0.3 is 0 Å². The molecule has 3 atom stereocenters. The summed E-state index contributed by atoms with van der Waals surface area (Å²) in [5, 5.41) is 12.2. The lowest BCUT2D eigenvalue weighted by Crippen LogP contribution is -2.53. The Morgan fingerprint density at radius 1 is 0.811 bits per heavy atom. The number of anilines is 1. The minimum atomic E-state index is -2.22. The van der Waals surface area contributed by atoms with Crippen molar-refractivity contribution >= 4 is 53.0 Å². The Morgan fingerprint density at radius 2 is 1.38 bits per heavy atom. The number of phenolic OH excluding ortho intramolecular Hbond substituents is 1. The first-order valence-corrected chi connectivity index (χ1v) is 23.0. The lowest BCUT2D eigenvalue weighted by Gasteiger charge is -2.45. The first-order valence-electron chi connectivity index (χ1n) is 12.8. The lowest BCUT2D eigenvalue weighted by molar-refractivity contribution is 0.0360. The van der Waals surface area contributed by atoms with Crippen molar-refractivity contribution in [1.29, 1.82) is 0 Å². The van der Waals surface area contributed by atoms with E-state index in [1.165, 1.54) is 0 Å². The molecule has 4 rings (SSSR count). The molecule has 10 heteroatoms. The number of hydrogen-bond donors (Lipinski definition) is 2. The molecule has 0 amide bonds. The van der Waals surface area contributed by atoms with Gasteiger partial charge in [0.2, 0.25) is 16.6 Å². The zero-order valence-electron chi connectivity index (χ0n) is 23.3. The number of ketones is 2. The molecule has 2 aliphatic carbocycles. The molecule has 0 saturated heterocycles. The van der Waals surface area contributed by atoms with Crippen LogP contribution in [0.1, 0.15) is 27.1 Å². The van der Waals surface area contributed by atoms with Crippen molar-refractivity contribution in [3.63, 3.8) is 0 Å². The van der Waals surface area contributed by atoms with Gasteiger partial charge in [-0.2, -0.15) is 0 Å². The fourth-order valence-electron chi connectivity index (χ4n) is 5.24. The number of allylic oxidation sites excluding steroid dienone is 1. The highest BCUT2D eigenvalue weighted by Gasteiger charge is 2.55. The van der Waals surface area contributed by atoms with Crippen molar-refractivity contribution in [3.8, 4) is 5.75 Å². The van der Waals surface area contributed by atoms with Gasteiger partial charge in [0.15, 0.2) is 19.9 Å². The Labute approximate surface area is 222 Å². The van der Waals surface area contributed by atoms with Crippen LogP contribution >= 0.6 is 0 Å². The summed E-state index contributed by atoms with van der Waals surface area (Å²) >= 11 is 0. The van der Waals surface area contributed by atoms with Crippen molar-refractivity contribution in [1.82, 2.24) is 0 Å². The van der Waals surface area contributed by atoms with Gasteiger partial charge in [-0.1, -0.05) is 24.3 Å². The largest absolute Gasteiger partial charge is 0.545 e. The number of carbonyl (C=O) groups is 2. The second-order valence-corrected chi connectivity index (χ2v) is 26.3. The van der Waals surface area contributed by atoms with E-state index in [9.17, 15) is 14.7 Å². The predicted molar refractivity (Wildman–Crippen MR) is 154 cm³/mol. The van der Waals surface area contributed by atoms with E-state index in [4.69, 9.17) is 19.0 Å². The predicted octanol–water partition coefficient (Wildman–Crippen LogP) is 6.28. The van der Waals surface area contributed by atoms with Crippen LogP contribution in [0.2, 0.25) is 58.9 Å². The number of carbonyl (C=O) groups excluding carboxylic acids is 2. The third-order valence-electron chi connectivity index (χ3n) is 6.39. The van der Waals surface area contributed by atoms with Crippen molar-refractivity contribution in [3.05, 3.63) is 46.9 Å². The van der Waals surface area contributed by atoms with Crippen LogP contribution in [0.3, 0.4) is 0 Å². The van der Waals surface area contributed by atoms with Crippen molar-refractivity contribution < 1.29 is 28.0 Å². The Hall–Kier alpha value is -2.41. The number of hydrogen-bond acceptors (Lipinski definition) is 7. The topological polar surface area (TPSA) is 108 Å². The number of benzene rings is 2. The molecule has 7 nitrogen and oxygen atoms in total. The first kappa shape index (κ1) is 27.6. The summed E-state index contributed by atoms with van der Waals surface area (Å²) < 4.78 is 19.8. The molecule has 0 radical (unpaired) electrons. The maximum absolute atomic E-state index is 14.3. The average Bonchev–Trinajstić information content (AvgIpc) is 2.73. The van der Waals surface area contributed by atoms with E-state index in [1.54, 1.807) is 24.3 Å². The van der Waals surface area contributed by atoms with Gasteiger partial charge in [-0.3, -0.25) is 9.59 Å². The summed E-state index contributed by atoms with van der Waals surface area (Å²) in [6.07, 6.45) is -0.544. The molecule has 2 aromatic rings. The second kappa shape index (κ2) is 9.11. The Balaban J connectivity index is 1.99. The van der Waals surface area contributed by atoms with Gasteiger partial charge in [0.1, 0.15) is 23.4 Å². The summed E-state index contributed by atoms with van der Waals surface area (Å²) in [6, 6.07) is 7.03. The molecule has 0 aromatic heterocycles. The summed E-state index contributed by atoms with van der Waals surface area (Å²) in [4.78, 5) is 28.4. The molecule has 200 valence electrons. The van der Waals surface area contributed by atoms with Crippen molar-refractivity contribution in [2.75, 3.05) is 5.73 Å². The molecule has 3 N–H and O–H groups in total. The Kier molecular flexibility index (Phi) is 6.80. The number of nitrogens with two attached hydrogens (primary N) is 1. The van der Waals surface area contributed by atoms with Gasteiger partial charge in [-0.25, -0.2) is 0 Å². The van der Waals surface area contributed by atoms with Crippen LogP contribution < -0.4 is 5.73 Å². The molecule has 0 spiro atoms. The third-order valence-corrected chi connectivity index (χ3v) is 9.04. The number of Topliss-reactive ketones (excluding diaryl/α,β-unsaturated/α-hetero) is 2. The van der Waals surface area contributed by atoms with E-state index in [0.717, 1.165) is 0 Å². The van der Waals surface area contributed by atoms with Gasteiger partial charge in [0, 0.05) is 23.1 Å². The van der Waals surface area contributed by atoms with E-state index in [-0.39, 0.29) is 40.6 Å². The molecule has 0 unspecified atom stereocenters. The average molecular weight is 558 g/mol. The van der Waals surface area contributed by atoms with Gasteiger partial charge < -0.3 is 24.1 Å². The second-order valence-electron chi connectivity index (χ2n) is 13.0. The Morgan fingerprint density at radius 3 is 1.92 bits per heavy atom. The molecular formula is C27H39NO6Si3. The Bertz CT molecular complexity index is 1320. The normalized spacial score (nSPS) is 22.7. The molecule has 0 aliphatic heterocycles. The van der Waals surface area contributed by atoms with E-state index in [2.05, 4.69) is 58.9 Å². The van der Waals surface area contributed by atoms with Crippen LogP contribution in [-0.4, -0.2) is 47.7 Å². The molecule has 2 aliphatic rings. The van der Waals surface area contributed by atoms with Gasteiger partial charge in [-0.15, -0.1) is 0 Å². The van der Waals surface area contributed by atoms with Crippen LogP contribution in [0.25, 0.3) is 10.8 Å². The summed E-state index contributed by atoms with van der Waals surface area (Å²) in [7, 11) is -6.48. The van der Waals surface area contributed by atoms with Crippen LogP contribution in [0.15, 0.2) is 35.8 Å². The van der Waals surface area contributed by atoms with Gasteiger partial charge in [-0.05, 0) is 58.9 Å². The number of rotatable bonds is 6. The number of fused-ring (bicyclic) bond motifs is 3. The zero-order chi connectivity index (χ0) is 27.7. The standard InChI is InChI=1S/C27H39NO6Si3/c1-35(2,3)32-18-14-17-19(27(34-37(7,8)9)26(18)33-36(4,5)6)25(31)20-21(24(17)30)23(29)16-13-11-10-12-15(16)22(20)28/h10-13,17,19,27,29H,14,28H2,1-9H3/t17-,19+,27-/m1/s1. The summed E-state index contributed by atoms with van der Waals surface area (Å²) in [5.41, 5.74) is 6.85. The molecule has 0 bridgehead atoms. The quantitative estimate of drug-likeness (QED) is 0.244. The van der Waals surface area contributed by atoms with Crippen molar-refractivity contribution in [2.24, 2.45) is 11.8 Å². The third kappa shape index (κ3) is 5.29. The monoisotopic (exact) mass is 557 g/mol. The van der Waals surface area contributed by atoms with Gasteiger partial charge in [0.05, 0.1) is 22.7 Å². The van der Waals surface area contributed by atoms with E-state index >= 15 is 0 Å². The first-order chi connectivity index (χ1) is 16.9. The number of aromatic hydroxyl groups is 1. The summed E-state index contributed by atoms with van der Waals surface area (Å²) in [5.74, 6) is -1.18. The van der Waals surface area contributed by atoms with Gasteiger partial charge in [0.25, 0.3) is 0 Å². The highest BCUT2D eigenvalue weighted by Crippen LogP contribution is 2.50. The van der Waals surface area contributed by atoms with Crippen LogP contribution in [0, 0.1) is 11.8 Å². The zero-order valence-corrected chi connectivity index (χ0v) is 26.3. The van der Waals surface area contributed by atoms with Crippen molar-refractivity contribution in [2.45, 2.75) is 71.4 Å². The molecule has 37 heavy (non-hydrogen) atoms. The van der Waals surface area contributed by atoms with E-state index in [0.29, 0.717) is 22.3 Å².